The van der Waals surface area contributed by atoms with Crippen LogP contribution in [0.5, 0.6) is 5.75 Å². The number of unbranched alkanes of at least 4 members (excludes halogenated alkanes) is 1. The number of hydrogen-bond acceptors (Lipinski definition) is 3. The number of pyridine rings is 1. The standard InChI is InChI=1S/C14H17ClN2O2/c1-4-5-6-10-9(3)16-13-12(18)8(2)11(15)7-17(13)14(10)19/h7,18H,4-6H2,1-3H3. The third-order valence-corrected chi connectivity index (χ3v) is 3.74. The molecule has 0 aliphatic carbocycles. The van der Waals surface area contributed by atoms with Crippen LogP contribution in [0.1, 0.15) is 36.6 Å². The number of aryl methyl sites for hydroxylation is 1. The predicted molar refractivity (Wildman–Crippen MR) is 76.2 cm³/mol. The van der Waals surface area contributed by atoms with E-state index in [-0.39, 0.29) is 17.0 Å². The van der Waals surface area contributed by atoms with Gasteiger partial charge in [-0.1, -0.05) is 24.9 Å². The topological polar surface area (TPSA) is 54.6 Å². The van der Waals surface area contributed by atoms with Crippen molar-refractivity contribution in [3.8, 4) is 5.75 Å². The van der Waals surface area contributed by atoms with Gasteiger partial charge in [-0.2, -0.15) is 0 Å². The molecule has 0 aliphatic heterocycles. The van der Waals surface area contributed by atoms with E-state index in [9.17, 15) is 9.90 Å². The molecule has 0 saturated heterocycles. The molecular formula is C14H17ClN2O2. The fourth-order valence-corrected chi connectivity index (χ4v) is 2.28. The molecule has 19 heavy (non-hydrogen) atoms. The second-order valence-corrected chi connectivity index (χ2v) is 5.14. The lowest BCUT2D eigenvalue weighted by Crippen LogP contribution is -2.22. The zero-order valence-electron chi connectivity index (χ0n) is 11.3. The predicted octanol–water partition coefficient (Wildman–Crippen LogP) is 3.01. The molecule has 0 aromatic carbocycles. The van der Waals surface area contributed by atoms with Crippen LogP contribution >= 0.6 is 11.6 Å². The molecule has 0 radical (unpaired) electrons. The Balaban J connectivity index is 2.78. The Labute approximate surface area is 116 Å². The fraction of sp³-hybridized carbons (Fsp3) is 0.429. The maximum absolute atomic E-state index is 12.4. The van der Waals surface area contributed by atoms with Crippen LogP contribution in [0, 0.1) is 13.8 Å². The Morgan fingerprint density at radius 2 is 2.11 bits per heavy atom. The molecule has 4 nitrogen and oxygen atoms in total. The highest BCUT2D eigenvalue weighted by Crippen LogP contribution is 2.27. The first-order valence-corrected chi connectivity index (χ1v) is 6.75. The third kappa shape index (κ3) is 2.32. The summed E-state index contributed by atoms with van der Waals surface area (Å²) in [5.41, 5.74) is 2.03. The number of halogens is 1. The van der Waals surface area contributed by atoms with E-state index in [4.69, 9.17) is 11.6 Å². The normalized spacial score (nSPS) is 11.2. The van der Waals surface area contributed by atoms with Crippen molar-refractivity contribution in [2.75, 3.05) is 0 Å². The highest BCUT2D eigenvalue weighted by molar-refractivity contribution is 6.31. The van der Waals surface area contributed by atoms with Crippen LogP contribution in [0.4, 0.5) is 0 Å². The van der Waals surface area contributed by atoms with Crippen LogP contribution in [0.15, 0.2) is 11.0 Å². The van der Waals surface area contributed by atoms with Gasteiger partial charge in [0.2, 0.25) is 0 Å². The largest absolute Gasteiger partial charge is 0.504 e. The lowest BCUT2D eigenvalue weighted by Gasteiger charge is -2.11. The molecule has 0 unspecified atom stereocenters. The van der Waals surface area contributed by atoms with Crippen LogP contribution in [0.2, 0.25) is 5.02 Å². The Morgan fingerprint density at radius 3 is 2.74 bits per heavy atom. The first-order chi connectivity index (χ1) is 8.97. The Hall–Kier alpha value is -1.55. The van der Waals surface area contributed by atoms with Crippen LogP contribution in [0.25, 0.3) is 5.65 Å². The van der Waals surface area contributed by atoms with E-state index in [0.29, 0.717) is 28.3 Å². The summed E-state index contributed by atoms with van der Waals surface area (Å²) < 4.78 is 1.34. The van der Waals surface area contributed by atoms with Crippen molar-refractivity contribution in [2.45, 2.75) is 40.0 Å². The molecule has 0 amide bonds. The summed E-state index contributed by atoms with van der Waals surface area (Å²) in [5.74, 6) is -0.0326. The summed E-state index contributed by atoms with van der Waals surface area (Å²) in [4.78, 5) is 16.8. The van der Waals surface area contributed by atoms with Gasteiger partial charge in [-0.3, -0.25) is 9.20 Å². The van der Waals surface area contributed by atoms with E-state index in [1.54, 1.807) is 13.8 Å². The van der Waals surface area contributed by atoms with Crippen LogP contribution < -0.4 is 5.56 Å². The Bertz CT molecular complexity index is 692. The van der Waals surface area contributed by atoms with Crippen molar-refractivity contribution >= 4 is 17.2 Å². The van der Waals surface area contributed by atoms with Crippen molar-refractivity contribution in [1.82, 2.24) is 9.38 Å². The number of aromatic nitrogens is 2. The number of fused-ring (bicyclic) bond motifs is 1. The summed E-state index contributed by atoms with van der Waals surface area (Å²) in [6.45, 7) is 5.58. The van der Waals surface area contributed by atoms with Gasteiger partial charge in [-0.15, -0.1) is 0 Å². The Kier molecular flexibility index (Phi) is 3.80. The third-order valence-electron chi connectivity index (χ3n) is 3.36. The quantitative estimate of drug-likeness (QED) is 0.940. The van der Waals surface area contributed by atoms with Crippen LogP contribution in [0.3, 0.4) is 0 Å². The van der Waals surface area contributed by atoms with Gasteiger partial charge in [0.25, 0.3) is 5.56 Å². The van der Waals surface area contributed by atoms with E-state index >= 15 is 0 Å². The zero-order valence-corrected chi connectivity index (χ0v) is 12.1. The lowest BCUT2D eigenvalue weighted by atomic mass is 10.1. The molecule has 0 saturated carbocycles. The van der Waals surface area contributed by atoms with Crippen LogP contribution in [-0.4, -0.2) is 14.5 Å². The van der Waals surface area contributed by atoms with Crippen molar-refractivity contribution in [3.05, 3.63) is 38.4 Å². The van der Waals surface area contributed by atoms with Gasteiger partial charge in [-0.05, 0) is 26.7 Å². The molecule has 2 rings (SSSR count). The smallest absolute Gasteiger partial charge is 0.261 e. The minimum absolute atomic E-state index is 0.0326. The molecule has 2 aromatic heterocycles. The second kappa shape index (κ2) is 5.21. The minimum Gasteiger partial charge on any atom is -0.504 e. The molecule has 0 atom stereocenters. The van der Waals surface area contributed by atoms with E-state index in [1.165, 1.54) is 10.6 Å². The fourth-order valence-electron chi connectivity index (χ4n) is 2.10. The van der Waals surface area contributed by atoms with Gasteiger partial charge in [0, 0.05) is 23.0 Å². The first-order valence-electron chi connectivity index (χ1n) is 6.37. The molecule has 2 heterocycles. The van der Waals surface area contributed by atoms with Crippen molar-refractivity contribution in [3.63, 3.8) is 0 Å². The van der Waals surface area contributed by atoms with Gasteiger partial charge in [0.1, 0.15) is 0 Å². The molecule has 0 spiro atoms. The molecule has 102 valence electrons. The summed E-state index contributed by atoms with van der Waals surface area (Å²) >= 11 is 6.01. The van der Waals surface area contributed by atoms with Crippen LogP contribution in [-0.2, 0) is 6.42 Å². The van der Waals surface area contributed by atoms with Crippen molar-refractivity contribution in [2.24, 2.45) is 0 Å². The van der Waals surface area contributed by atoms with Gasteiger partial charge in [-0.25, -0.2) is 4.98 Å². The summed E-state index contributed by atoms with van der Waals surface area (Å²) in [5, 5.41) is 10.4. The second-order valence-electron chi connectivity index (χ2n) is 4.73. The highest BCUT2D eigenvalue weighted by Gasteiger charge is 2.15. The van der Waals surface area contributed by atoms with E-state index < -0.39 is 0 Å². The highest BCUT2D eigenvalue weighted by atomic mass is 35.5. The molecule has 1 N–H and O–H groups in total. The number of aromatic hydroxyl groups is 1. The number of nitrogens with zero attached hydrogens (tertiary/aromatic N) is 2. The Morgan fingerprint density at radius 1 is 1.42 bits per heavy atom. The number of rotatable bonds is 3. The van der Waals surface area contributed by atoms with Crippen molar-refractivity contribution < 1.29 is 5.11 Å². The van der Waals surface area contributed by atoms with Crippen molar-refractivity contribution in [1.29, 1.82) is 0 Å². The average Bonchev–Trinajstić information content (AvgIpc) is 2.38. The average molecular weight is 281 g/mol. The van der Waals surface area contributed by atoms with E-state index in [2.05, 4.69) is 11.9 Å². The molecular weight excluding hydrogens is 264 g/mol. The summed E-state index contributed by atoms with van der Waals surface area (Å²) in [6.07, 6.45) is 4.18. The monoisotopic (exact) mass is 280 g/mol. The molecule has 0 fully saturated rings. The number of hydrogen-bond donors (Lipinski definition) is 1. The zero-order chi connectivity index (χ0) is 14.2. The maximum atomic E-state index is 12.4. The minimum atomic E-state index is -0.145. The summed E-state index contributed by atoms with van der Waals surface area (Å²) in [6, 6.07) is 0. The van der Waals surface area contributed by atoms with Gasteiger partial charge in [0.05, 0.1) is 5.02 Å². The van der Waals surface area contributed by atoms with E-state index in [1.807, 2.05) is 0 Å². The lowest BCUT2D eigenvalue weighted by molar-refractivity contribution is 0.472. The van der Waals surface area contributed by atoms with Gasteiger partial charge < -0.3 is 5.11 Å². The SMILES string of the molecule is CCCCc1c(C)nc2c(O)c(C)c(Cl)cn2c1=O. The molecule has 0 aliphatic rings. The van der Waals surface area contributed by atoms with E-state index in [0.717, 1.165) is 12.8 Å². The van der Waals surface area contributed by atoms with Gasteiger partial charge in [0.15, 0.2) is 11.4 Å². The molecule has 2 aromatic rings. The molecule has 0 bridgehead atoms. The maximum Gasteiger partial charge on any atom is 0.261 e. The first kappa shape index (κ1) is 13.9. The molecule has 5 heteroatoms. The van der Waals surface area contributed by atoms with Gasteiger partial charge >= 0.3 is 0 Å². The summed E-state index contributed by atoms with van der Waals surface area (Å²) in [7, 11) is 0.